The Morgan fingerprint density at radius 1 is 1.06 bits per heavy atom. The van der Waals surface area contributed by atoms with Crippen LogP contribution in [0, 0.1) is 0 Å². The zero-order valence-corrected chi connectivity index (χ0v) is 20.2. The van der Waals surface area contributed by atoms with Crippen molar-refractivity contribution >= 4 is 39.1 Å². The van der Waals surface area contributed by atoms with E-state index in [1.165, 1.54) is 9.21 Å². The van der Waals surface area contributed by atoms with Gasteiger partial charge in [0.1, 0.15) is 6.04 Å². The topological polar surface area (TPSA) is 86.8 Å². The zero-order valence-electron chi connectivity index (χ0n) is 18.6. The van der Waals surface area contributed by atoms with Crippen molar-refractivity contribution in [2.45, 2.75) is 39.3 Å². The Morgan fingerprint density at radius 2 is 1.69 bits per heavy atom. The van der Waals surface area contributed by atoms with E-state index in [4.69, 9.17) is 11.6 Å². The lowest BCUT2D eigenvalue weighted by molar-refractivity contribution is -0.140. The normalized spacial score (nSPS) is 12.1. The van der Waals surface area contributed by atoms with Gasteiger partial charge in [0.05, 0.1) is 11.9 Å². The minimum atomic E-state index is -3.53. The van der Waals surface area contributed by atoms with Crippen LogP contribution in [0.25, 0.3) is 0 Å². The van der Waals surface area contributed by atoms with E-state index in [0.29, 0.717) is 30.2 Å². The first-order chi connectivity index (χ1) is 15.1. The van der Waals surface area contributed by atoms with Gasteiger partial charge in [-0.1, -0.05) is 41.9 Å². The molecule has 0 aliphatic heterocycles. The monoisotopic (exact) mass is 479 g/mol. The number of sulfonamides is 1. The predicted octanol–water partition coefficient (Wildman–Crippen LogP) is 3.44. The summed E-state index contributed by atoms with van der Waals surface area (Å²) in [6.45, 7) is 4.43. The molecule has 0 aliphatic carbocycles. The molecule has 2 amide bonds. The smallest absolute Gasteiger partial charge is 0.242 e. The highest BCUT2D eigenvalue weighted by molar-refractivity contribution is 7.92. The molecule has 0 aromatic heterocycles. The fraction of sp³-hybridized carbons (Fsp3) is 0.391. The summed E-state index contributed by atoms with van der Waals surface area (Å²) in [6.07, 6.45) is 1.54. The number of carbonyl (C=O) groups excluding carboxylic acids is 2. The van der Waals surface area contributed by atoms with Crippen LogP contribution in [-0.4, -0.2) is 50.5 Å². The van der Waals surface area contributed by atoms with Crippen molar-refractivity contribution in [1.82, 2.24) is 10.2 Å². The van der Waals surface area contributed by atoms with E-state index in [-0.39, 0.29) is 24.8 Å². The lowest BCUT2D eigenvalue weighted by Gasteiger charge is -2.29. The molecule has 0 radical (unpaired) electrons. The van der Waals surface area contributed by atoms with E-state index in [1.54, 1.807) is 31.2 Å². The molecule has 0 bridgehead atoms. The van der Waals surface area contributed by atoms with Crippen molar-refractivity contribution < 1.29 is 18.0 Å². The average molecular weight is 480 g/mol. The van der Waals surface area contributed by atoms with Gasteiger partial charge in [-0.3, -0.25) is 13.9 Å². The number of halogens is 1. The number of amides is 2. The van der Waals surface area contributed by atoms with Crippen molar-refractivity contribution in [3.05, 3.63) is 65.2 Å². The summed E-state index contributed by atoms with van der Waals surface area (Å²) in [5, 5.41) is 3.26. The Morgan fingerprint density at radius 3 is 2.25 bits per heavy atom. The van der Waals surface area contributed by atoms with Crippen molar-refractivity contribution in [3.8, 4) is 0 Å². The van der Waals surface area contributed by atoms with Crippen LogP contribution in [0.4, 0.5) is 5.69 Å². The molecule has 0 spiro atoms. The fourth-order valence-electron chi connectivity index (χ4n) is 3.30. The van der Waals surface area contributed by atoms with E-state index < -0.39 is 16.1 Å². The third-order valence-corrected chi connectivity index (χ3v) is 6.43. The Kier molecular flexibility index (Phi) is 9.53. The lowest BCUT2D eigenvalue weighted by atomic mass is 10.1. The van der Waals surface area contributed by atoms with Crippen LogP contribution in [-0.2, 0) is 26.2 Å². The van der Waals surface area contributed by atoms with Crippen LogP contribution in [0.3, 0.4) is 0 Å². The molecule has 0 fully saturated rings. The first kappa shape index (κ1) is 25.7. The molecular formula is C23H30ClN3O4S. The molecular weight excluding hydrogens is 450 g/mol. The van der Waals surface area contributed by atoms with Crippen LogP contribution in [0.5, 0.6) is 0 Å². The lowest BCUT2D eigenvalue weighted by Crippen LogP contribution is -2.47. The molecule has 2 aromatic rings. The second-order valence-electron chi connectivity index (χ2n) is 7.49. The predicted molar refractivity (Wildman–Crippen MR) is 128 cm³/mol. The quantitative estimate of drug-likeness (QED) is 0.534. The molecule has 0 unspecified atom stereocenters. The number of anilines is 1. The van der Waals surface area contributed by atoms with Gasteiger partial charge in [-0.15, -0.1) is 0 Å². The van der Waals surface area contributed by atoms with Crippen molar-refractivity contribution in [1.29, 1.82) is 0 Å². The second kappa shape index (κ2) is 11.9. The molecule has 7 nitrogen and oxygen atoms in total. The molecule has 0 aliphatic rings. The maximum absolute atomic E-state index is 13.1. The highest BCUT2D eigenvalue weighted by Gasteiger charge is 2.26. The first-order valence-electron chi connectivity index (χ1n) is 10.5. The highest BCUT2D eigenvalue weighted by Crippen LogP contribution is 2.21. The van der Waals surface area contributed by atoms with Gasteiger partial charge in [-0.05, 0) is 50.1 Å². The summed E-state index contributed by atoms with van der Waals surface area (Å²) in [7, 11) is -3.53. The van der Waals surface area contributed by atoms with Gasteiger partial charge in [-0.2, -0.15) is 0 Å². The van der Waals surface area contributed by atoms with Gasteiger partial charge in [0, 0.05) is 31.1 Å². The number of nitrogens with zero attached hydrogens (tertiary/aromatic N) is 2. The highest BCUT2D eigenvalue weighted by atomic mass is 35.5. The van der Waals surface area contributed by atoms with Crippen LogP contribution >= 0.6 is 11.6 Å². The Balaban J connectivity index is 2.11. The largest absolute Gasteiger partial charge is 0.355 e. The number of hydrogen-bond acceptors (Lipinski definition) is 4. The van der Waals surface area contributed by atoms with Crippen molar-refractivity contribution in [2.75, 3.05) is 23.7 Å². The minimum absolute atomic E-state index is 0.107. The molecule has 174 valence electrons. The SMILES string of the molecule is CCNC(=O)[C@H](C)N(Cc1ccccc1)C(=O)CCCN(c1ccc(Cl)cc1)S(C)(=O)=O. The van der Waals surface area contributed by atoms with Crippen LogP contribution in [0.1, 0.15) is 32.3 Å². The van der Waals surface area contributed by atoms with Gasteiger partial charge in [0.2, 0.25) is 21.8 Å². The summed E-state index contributed by atoms with van der Waals surface area (Å²) >= 11 is 5.90. The van der Waals surface area contributed by atoms with Crippen molar-refractivity contribution in [3.63, 3.8) is 0 Å². The third kappa shape index (κ3) is 7.53. The number of carbonyl (C=O) groups is 2. The van der Waals surface area contributed by atoms with Gasteiger partial charge >= 0.3 is 0 Å². The minimum Gasteiger partial charge on any atom is -0.355 e. The summed E-state index contributed by atoms with van der Waals surface area (Å²) in [4.78, 5) is 27.0. The molecule has 32 heavy (non-hydrogen) atoms. The molecule has 2 rings (SSSR count). The van der Waals surface area contributed by atoms with Gasteiger partial charge < -0.3 is 10.2 Å². The molecule has 9 heteroatoms. The Hall–Kier alpha value is -2.58. The number of benzene rings is 2. The summed E-state index contributed by atoms with van der Waals surface area (Å²) in [5.41, 5.74) is 1.40. The van der Waals surface area contributed by atoms with E-state index in [1.807, 2.05) is 37.3 Å². The maximum Gasteiger partial charge on any atom is 0.242 e. The molecule has 2 aromatic carbocycles. The number of nitrogens with one attached hydrogen (secondary N) is 1. The number of likely N-dealkylation sites (N-methyl/N-ethyl adjacent to an activating group) is 1. The maximum atomic E-state index is 13.1. The first-order valence-corrected chi connectivity index (χ1v) is 12.7. The molecule has 0 heterocycles. The summed E-state index contributed by atoms with van der Waals surface area (Å²) < 4.78 is 25.8. The van der Waals surface area contributed by atoms with Crippen molar-refractivity contribution in [2.24, 2.45) is 0 Å². The van der Waals surface area contributed by atoms with E-state index in [0.717, 1.165) is 11.8 Å². The molecule has 0 saturated heterocycles. The number of rotatable bonds is 11. The third-order valence-electron chi connectivity index (χ3n) is 4.98. The van der Waals surface area contributed by atoms with Gasteiger partial charge in [-0.25, -0.2) is 8.42 Å². The van der Waals surface area contributed by atoms with E-state index in [2.05, 4.69) is 5.32 Å². The Bertz CT molecular complexity index is 998. The van der Waals surface area contributed by atoms with E-state index >= 15 is 0 Å². The van der Waals surface area contributed by atoms with Crippen LogP contribution < -0.4 is 9.62 Å². The summed E-state index contributed by atoms with van der Waals surface area (Å²) in [5.74, 6) is -0.437. The average Bonchev–Trinajstić information content (AvgIpc) is 2.75. The van der Waals surface area contributed by atoms with Crippen LogP contribution in [0.2, 0.25) is 5.02 Å². The number of hydrogen-bond donors (Lipinski definition) is 1. The summed E-state index contributed by atoms with van der Waals surface area (Å²) in [6, 6.07) is 15.3. The molecule has 1 atom stereocenters. The molecule has 0 saturated carbocycles. The second-order valence-corrected chi connectivity index (χ2v) is 9.84. The zero-order chi connectivity index (χ0) is 23.7. The van der Waals surface area contributed by atoms with Gasteiger partial charge in [0.25, 0.3) is 0 Å². The van der Waals surface area contributed by atoms with Gasteiger partial charge in [0.15, 0.2) is 0 Å². The molecule has 1 N–H and O–H groups in total. The Labute approximate surface area is 195 Å². The standard InChI is InChI=1S/C23H30ClN3O4S/c1-4-25-23(29)18(2)26(17-19-9-6-5-7-10-19)22(28)11-8-16-27(32(3,30)31)21-14-12-20(24)13-15-21/h5-7,9-10,12-15,18H,4,8,11,16-17H2,1-3H3,(H,25,29)/t18-/m0/s1. The van der Waals surface area contributed by atoms with E-state index in [9.17, 15) is 18.0 Å². The fourth-order valence-corrected chi connectivity index (χ4v) is 4.39. The van der Waals surface area contributed by atoms with Crippen LogP contribution in [0.15, 0.2) is 54.6 Å².